The summed E-state index contributed by atoms with van der Waals surface area (Å²) in [7, 11) is 0. The summed E-state index contributed by atoms with van der Waals surface area (Å²) in [6.45, 7) is 2.80. The molecule has 0 aliphatic carbocycles. The zero-order chi connectivity index (χ0) is 18.5. The number of ether oxygens (including phenoxy) is 2. The quantitative estimate of drug-likeness (QED) is 0.537. The minimum Gasteiger partial charge on any atom is -0.493 e. The summed E-state index contributed by atoms with van der Waals surface area (Å²) >= 11 is 0. The summed E-state index contributed by atoms with van der Waals surface area (Å²) in [5.41, 5.74) is 13.7. The molecule has 0 amide bonds. The van der Waals surface area contributed by atoms with Gasteiger partial charge < -0.3 is 20.9 Å². The van der Waals surface area contributed by atoms with Crippen LogP contribution < -0.4 is 20.9 Å². The highest BCUT2D eigenvalue weighted by molar-refractivity contribution is 5.34. The van der Waals surface area contributed by atoms with Crippen molar-refractivity contribution in [3.8, 4) is 11.5 Å². The predicted molar refractivity (Wildman–Crippen MR) is 108 cm³/mol. The van der Waals surface area contributed by atoms with Crippen LogP contribution in [0.5, 0.6) is 11.5 Å². The molecule has 0 saturated carbocycles. The van der Waals surface area contributed by atoms with E-state index in [9.17, 15) is 0 Å². The van der Waals surface area contributed by atoms with E-state index in [1.54, 1.807) is 0 Å². The molecule has 0 bridgehead atoms. The lowest BCUT2D eigenvalue weighted by Crippen LogP contribution is -2.06. The van der Waals surface area contributed by atoms with Crippen LogP contribution in [0.3, 0.4) is 0 Å². The molecule has 0 unspecified atom stereocenters. The Balaban J connectivity index is 1.58. The van der Waals surface area contributed by atoms with Gasteiger partial charge in [0.2, 0.25) is 0 Å². The molecule has 4 nitrogen and oxygen atoms in total. The highest BCUT2D eigenvalue weighted by Crippen LogP contribution is 2.20. The van der Waals surface area contributed by atoms with E-state index in [2.05, 4.69) is 12.1 Å². The maximum atomic E-state index is 5.91. The van der Waals surface area contributed by atoms with Crippen molar-refractivity contribution in [2.75, 3.05) is 26.3 Å². The summed E-state index contributed by atoms with van der Waals surface area (Å²) in [6.07, 6.45) is 6.12. The number of rotatable bonds is 13. The fourth-order valence-corrected chi connectivity index (χ4v) is 2.94. The Morgan fingerprint density at radius 2 is 1.00 bits per heavy atom. The zero-order valence-electron chi connectivity index (χ0n) is 15.7. The summed E-state index contributed by atoms with van der Waals surface area (Å²) in [6, 6.07) is 16.3. The third-order valence-corrected chi connectivity index (χ3v) is 4.33. The maximum absolute atomic E-state index is 5.91. The molecule has 0 aliphatic rings. The molecule has 0 aromatic heterocycles. The van der Waals surface area contributed by atoms with Crippen LogP contribution in [0.2, 0.25) is 0 Å². The number of hydrogen-bond acceptors (Lipinski definition) is 4. The highest BCUT2D eigenvalue weighted by atomic mass is 16.5. The van der Waals surface area contributed by atoms with E-state index in [1.807, 2.05) is 36.4 Å². The summed E-state index contributed by atoms with van der Waals surface area (Å²) in [4.78, 5) is 0. The van der Waals surface area contributed by atoms with E-state index >= 15 is 0 Å². The average molecular weight is 357 g/mol. The SMILES string of the molecule is NCCc1ccccc1OCCCCCCOc1ccccc1CCN. The third kappa shape index (κ3) is 7.06. The molecule has 142 valence electrons. The van der Waals surface area contributed by atoms with E-state index in [0.29, 0.717) is 13.1 Å². The van der Waals surface area contributed by atoms with Crippen LogP contribution in [0, 0.1) is 0 Å². The van der Waals surface area contributed by atoms with Crippen LogP contribution in [0.4, 0.5) is 0 Å². The highest BCUT2D eigenvalue weighted by Gasteiger charge is 2.03. The first-order valence-electron chi connectivity index (χ1n) is 9.66. The molecule has 0 fully saturated rings. The molecular weight excluding hydrogens is 324 g/mol. The maximum Gasteiger partial charge on any atom is 0.122 e. The van der Waals surface area contributed by atoms with Crippen molar-refractivity contribution in [2.45, 2.75) is 38.5 Å². The van der Waals surface area contributed by atoms with Gasteiger partial charge in [0.15, 0.2) is 0 Å². The van der Waals surface area contributed by atoms with Crippen molar-refractivity contribution in [3.63, 3.8) is 0 Å². The lowest BCUT2D eigenvalue weighted by atomic mass is 10.1. The first-order chi connectivity index (χ1) is 12.8. The van der Waals surface area contributed by atoms with Gasteiger partial charge in [-0.05, 0) is 74.9 Å². The zero-order valence-corrected chi connectivity index (χ0v) is 15.7. The molecule has 0 spiro atoms. The number of benzene rings is 2. The third-order valence-electron chi connectivity index (χ3n) is 4.33. The smallest absolute Gasteiger partial charge is 0.122 e. The van der Waals surface area contributed by atoms with E-state index in [4.69, 9.17) is 20.9 Å². The van der Waals surface area contributed by atoms with Crippen molar-refractivity contribution in [3.05, 3.63) is 59.7 Å². The van der Waals surface area contributed by atoms with Gasteiger partial charge in [0.05, 0.1) is 13.2 Å². The fourth-order valence-electron chi connectivity index (χ4n) is 2.94. The largest absolute Gasteiger partial charge is 0.493 e. The summed E-state index contributed by atoms with van der Waals surface area (Å²) < 4.78 is 11.8. The first kappa shape index (κ1) is 20.3. The van der Waals surface area contributed by atoms with Crippen molar-refractivity contribution in [1.82, 2.24) is 0 Å². The Morgan fingerprint density at radius 1 is 0.577 bits per heavy atom. The van der Waals surface area contributed by atoms with Crippen LogP contribution in [0.15, 0.2) is 48.5 Å². The Kier molecular flexibility index (Phi) is 9.62. The molecule has 4 heteroatoms. The second-order valence-electron chi connectivity index (χ2n) is 6.40. The lowest BCUT2D eigenvalue weighted by Gasteiger charge is -2.12. The van der Waals surface area contributed by atoms with Gasteiger partial charge in [-0.2, -0.15) is 0 Å². The topological polar surface area (TPSA) is 70.5 Å². The second-order valence-corrected chi connectivity index (χ2v) is 6.40. The number of hydrogen-bond donors (Lipinski definition) is 2. The molecule has 2 rings (SSSR count). The van der Waals surface area contributed by atoms with Crippen LogP contribution in [-0.4, -0.2) is 26.3 Å². The molecule has 4 N–H and O–H groups in total. The van der Waals surface area contributed by atoms with E-state index in [0.717, 1.165) is 63.2 Å². The molecule has 0 atom stereocenters. The minimum absolute atomic E-state index is 0.648. The number of para-hydroxylation sites is 2. The van der Waals surface area contributed by atoms with E-state index in [1.165, 1.54) is 11.1 Å². The van der Waals surface area contributed by atoms with Crippen LogP contribution in [-0.2, 0) is 12.8 Å². The van der Waals surface area contributed by atoms with Crippen LogP contribution >= 0.6 is 0 Å². The molecule has 0 saturated heterocycles. The predicted octanol–water partition coefficient (Wildman–Crippen LogP) is 3.71. The minimum atomic E-state index is 0.648. The first-order valence-corrected chi connectivity index (χ1v) is 9.66. The van der Waals surface area contributed by atoms with Gasteiger partial charge in [-0.3, -0.25) is 0 Å². The van der Waals surface area contributed by atoms with Gasteiger partial charge in [-0.25, -0.2) is 0 Å². The summed E-state index contributed by atoms with van der Waals surface area (Å²) in [5.74, 6) is 1.94. The van der Waals surface area contributed by atoms with Gasteiger partial charge in [-0.1, -0.05) is 36.4 Å². The Labute approximate surface area is 157 Å². The van der Waals surface area contributed by atoms with Crippen molar-refractivity contribution in [2.24, 2.45) is 11.5 Å². The average Bonchev–Trinajstić information content (AvgIpc) is 2.67. The van der Waals surface area contributed by atoms with E-state index < -0.39 is 0 Å². The van der Waals surface area contributed by atoms with Gasteiger partial charge in [0.25, 0.3) is 0 Å². The Hall–Kier alpha value is -2.04. The summed E-state index contributed by atoms with van der Waals surface area (Å²) in [5, 5.41) is 0. The number of nitrogens with two attached hydrogens (primary N) is 2. The van der Waals surface area contributed by atoms with Crippen molar-refractivity contribution in [1.29, 1.82) is 0 Å². The van der Waals surface area contributed by atoms with E-state index in [-0.39, 0.29) is 0 Å². The molecule has 0 aliphatic heterocycles. The van der Waals surface area contributed by atoms with Crippen LogP contribution in [0.1, 0.15) is 36.8 Å². The van der Waals surface area contributed by atoms with Gasteiger partial charge in [-0.15, -0.1) is 0 Å². The standard InChI is InChI=1S/C22H32N2O2/c23-15-13-19-9-3-5-11-21(19)25-17-7-1-2-8-18-26-22-12-6-4-10-20(22)14-16-24/h3-6,9-12H,1-2,7-8,13-18,23-24H2. The molecule has 26 heavy (non-hydrogen) atoms. The van der Waals surface area contributed by atoms with Crippen LogP contribution in [0.25, 0.3) is 0 Å². The van der Waals surface area contributed by atoms with Gasteiger partial charge in [0, 0.05) is 0 Å². The second kappa shape index (κ2) is 12.3. The molecule has 2 aromatic rings. The fraction of sp³-hybridized carbons (Fsp3) is 0.455. The Bertz CT molecular complexity index is 576. The molecule has 2 aromatic carbocycles. The molecule has 0 heterocycles. The molecular formula is C22H32N2O2. The number of unbranched alkanes of at least 4 members (excludes halogenated alkanes) is 3. The van der Waals surface area contributed by atoms with Gasteiger partial charge >= 0.3 is 0 Å². The lowest BCUT2D eigenvalue weighted by molar-refractivity contribution is 0.285. The van der Waals surface area contributed by atoms with Crippen molar-refractivity contribution < 1.29 is 9.47 Å². The van der Waals surface area contributed by atoms with Gasteiger partial charge in [0.1, 0.15) is 11.5 Å². The molecule has 0 radical (unpaired) electrons. The van der Waals surface area contributed by atoms with Crippen molar-refractivity contribution >= 4 is 0 Å². The normalized spacial score (nSPS) is 10.7. The Morgan fingerprint density at radius 3 is 1.42 bits per heavy atom. The monoisotopic (exact) mass is 356 g/mol.